The third-order valence-corrected chi connectivity index (χ3v) is 2.24. The molecule has 0 spiro atoms. The zero-order valence-corrected chi connectivity index (χ0v) is 10.1. The number of aromatic nitrogens is 4. The molecular formula is C11H14N6O. The number of fused-ring (bicyclic) bond motifs is 1. The molecule has 0 aromatic carbocycles. The minimum Gasteiger partial charge on any atom is -0.392 e. The summed E-state index contributed by atoms with van der Waals surface area (Å²) in [7, 11) is 0. The predicted molar refractivity (Wildman–Crippen MR) is 69.0 cm³/mol. The summed E-state index contributed by atoms with van der Waals surface area (Å²) in [4.78, 5) is 17.2. The molecular weight excluding hydrogens is 232 g/mol. The number of nitrogens with two attached hydrogens (primary N) is 1. The maximum absolute atomic E-state index is 5.71. The summed E-state index contributed by atoms with van der Waals surface area (Å²) in [5, 5.41) is 3.94. The largest absolute Gasteiger partial charge is 0.392 e. The highest BCUT2D eigenvalue weighted by molar-refractivity contribution is 5.85. The maximum atomic E-state index is 5.71. The molecule has 0 saturated heterocycles. The Morgan fingerprint density at radius 2 is 2.39 bits per heavy atom. The van der Waals surface area contributed by atoms with Crippen LogP contribution in [0.3, 0.4) is 0 Å². The number of anilines is 1. The van der Waals surface area contributed by atoms with Crippen LogP contribution in [-0.4, -0.2) is 31.8 Å². The van der Waals surface area contributed by atoms with Crippen LogP contribution in [0.25, 0.3) is 11.2 Å². The number of rotatable bonds is 5. The summed E-state index contributed by atoms with van der Waals surface area (Å²) >= 11 is 0. The molecule has 2 N–H and O–H groups in total. The summed E-state index contributed by atoms with van der Waals surface area (Å²) < 4.78 is 1.84. The second kappa shape index (κ2) is 5.26. The van der Waals surface area contributed by atoms with Crippen LogP contribution in [0.5, 0.6) is 0 Å². The molecule has 0 unspecified atom stereocenters. The fourth-order valence-electron chi connectivity index (χ4n) is 1.49. The van der Waals surface area contributed by atoms with Gasteiger partial charge in [-0.1, -0.05) is 17.8 Å². The Morgan fingerprint density at radius 1 is 1.56 bits per heavy atom. The van der Waals surface area contributed by atoms with E-state index in [1.54, 1.807) is 12.4 Å². The molecule has 0 radical (unpaired) electrons. The van der Waals surface area contributed by atoms with Gasteiger partial charge in [0, 0.05) is 0 Å². The van der Waals surface area contributed by atoms with Gasteiger partial charge in [-0.05, 0) is 6.92 Å². The van der Waals surface area contributed by atoms with Crippen LogP contribution >= 0.6 is 0 Å². The number of hydrogen-bond acceptors (Lipinski definition) is 6. The van der Waals surface area contributed by atoms with Crippen molar-refractivity contribution < 1.29 is 4.84 Å². The molecule has 0 saturated carbocycles. The molecule has 18 heavy (non-hydrogen) atoms. The van der Waals surface area contributed by atoms with Gasteiger partial charge in [0.2, 0.25) is 0 Å². The van der Waals surface area contributed by atoms with Crippen LogP contribution in [0.2, 0.25) is 0 Å². The van der Waals surface area contributed by atoms with E-state index in [0.29, 0.717) is 30.1 Å². The summed E-state index contributed by atoms with van der Waals surface area (Å²) in [6.45, 7) is 6.32. The maximum Gasteiger partial charge on any atom is 0.165 e. The molecule has 2 aromatic heterocycles. The topological polar surface area (TPSA) is 91.2 Å². The molecule has 0 bridgehead atoms. The second-order valence-electron chi connectivity index (χ2n) is 3.71. The number of hydrogen-bond donors (Lipinski definition) is 1. The van der Waals surface area contributed by atoms with Gasteiger partial charge in [0.25, 0.3) is 0 Å². The van der Waals surface area contributed by atoms with Crippen LogP contribution in [0.15, 0.2) is 30.5 Å². The smallest absolute Gasteiger partial charge is 0.165 e. The molecule has 2 rings (SSSR count). The molecule has 0 aliphatic rings. The van der Waals surface area contributed by atoms with Crippen molar-refractivity contribution in [2.24, 2.45) is 5.16 Å². The molecule has 94 valence electrons. The monoisotopic (exact) mass is 246 g/mol. The SMILES string of the molecule is C=CCON=C(C)Cn1cnc2c(N)ncnc21. The Morgan fingerprint density at radius 3 is 3.17 bits per heavy atom. The molecule has 7 heteroatoms. The lowest BCUT2D eigenvalue weighted by molar-refractivity contribution is 0.173. The number of nitrogens with zero attached hydrogens (tertiary/aromatic N) is 5. The average Bonchev–Trinajstić information content (AvgIpc) is 2.74. The Balaban J connectivity index is 2.19. The fraction of sp³-hybridized carbons (Fsp3) is 0.273. The molecule has 0 amide bonds. The molecule has 0 aliphatic carbocycles. The van der Waals surface area contributed by atoms with Crippen molar-refractivity contribution in [2.45, 2.75) is 13.5 Å². The highest BCUT2D eigenvalue weighted by Gasteiger charge is 2.08. The first-order valence-electron chi connectivity index (χ1n) is 5.40. The van der Waals surface area contributed by atoms with Gasteiger partial charge in [0.05, 0.1) is 18.6 Å². The summed E-state index contributed by atoms with van der Waals surface area (Å²) in [5.74, 6) is 0.372. The Kier molecular flexibility index (Phi) is 3.52. The molecule has 2 heterocycles. The molecule has 2 aromatic rings. The van der Waals surface area contributed by atoms with E-state index in [-0.39, 0.29) is 0 Å². The van der Waals surface area contributed by atoms with Crippen LogP contribution in [0, 0.1) is 0 Å². The van der Waals surface area contributed by atoms with Gasteiger partial charge >= 0.3 is 0 Å². The van der Waals surface area contributed by atoms with Crippen molar-refractivity contribution in [3.8, 4) is 0 Å². The van der Waals surface area contributed by atoms with Crippen molar-refractivity contribution in [3.63, 3.8) is 0 Å². The third kappa shape index (κ3) is 2.45. The van der Waals surface area contributed by atoms with E-state index in [1.165, 1.54) is 6.33 Å². The first kappa shape index (κ1) is 12.0. The van der Waals surface area contributed by atoms with Crippen LogP contribution in [0.1, 0.15) is 6.92 Å². The summed E-state index contributed by atoms with van der Waals surface area (Å²) in [6.07, 6.45) is 4.70. The van der Waals surface area contributed by atoms with Gasteiger partial charge in [-0.3, -0.25) is 0 Å². The zero-order chi connectivity index (χ0) is 13.0. The van der Waals surface area contributed by atoms with E-state index in [0.717, 1.165) is 5.71 Å². The summed E-state index contributed by atoms with van der Waals surface area (Å²) in [5.41, 5.74) is 7.78. The van der Waals surface area contributed by atoms with Gasteiger partial charge in [-0.2, -0.15) is 0 Å². The van der Waals surface area contributed by atoms with Crippen LogP contribution in [0.4, 0.5) is 5.82 Å². The first-order valence-corrected chi connectivity index (χ1v) is 5.40. The fourth-order valence-corrected chi connectivity index (χ4v) is 1.49. The Bertz CT molecular complexity index is 588. The zero-order valence-electron chi connectivity index (χ0n) is 10.1. The highest BCUT2D eigenvalue weighted by Crippen LogP contribution is 2.13. The first-order chi connectivity index (χ1) is 8.72. The van der Waals surface area contributed by atoms with Crippen molar-refractivity contribution in [1.82, 2.24) is 19.5 Å². The molecule has 7 nitrogen and oxygen atoms in total. The van der Waals surface area contributed by atoms with Gasteiger partial charge in [-0.25, -0.2) is 15.0 Å². The Labute approximate surface area is 104 Å². The number of imidazole rings is 1. The number of nitrogen functional groups attached to an aromatic ring is 1. The second-order valence-corrected chi connectivity index (χ2v) is 3.71. The van der Waals surface area contributed by atoms with Crippen molar-refractivity contribution in [2.75, 3.05) is 12.3 Å². The van der Waals surface area contributed by atoms with E-state index in [1.807, 2.05) is 11.5 Å². The molecule has 0 fully saturated rings. The van der Waals surface area contributed by atoms with Crippen LogP contribution in [-0.2, 0) is 11.4 Å². The van der Waals surface area contributed by atoms with Gasteiger partial charge in [0.15, 0.2) is 11.5 Å². The van der Waals surface area contributed by atoms with Crippen molar-refractivity contribution in [3.05, 3.63) is 25.3 Å². The van der Waals surface area contributed by atoms with Gasteiger partial charge < -0.3 is 15.1 Å². The minimum atomic E-state index is 0.372. The molecule has 0 aliphatic heterocycles. The van der Waals surface area contributed by atoms with Gasteiger partial charge in [-0.15, -0.1) is 0 Å². The lowest BCUT2D eigenvalue weighted by Crippen LogP contribution is -2.07. The van der Waals surface area contributed by atoms with E-state index >= 15 is 0 Å². The average molecular weight is 246 g/mol. The van der Waals surface area contributed by atoms with Crippen molar-refractivity contribution >= 4 is 22.7 Å². The van der Waals surface area contributed by atoms with Crippen molar-refractivity contribution in [1.29, 1.82) is 0 Å². The standard InChI is InChI=1S/C11H14N6O/c1-3-4-18-16-8(2)5-17-7-15-9-10(12)13-6-14-11(9)17/h3,6-7H,1,4-5H2,2H3,(H2,12,13,14). The number of oxime groups is 1. The Hall–Kier alpha value is -2.44. The molecule has 0 atom stereocenters. The highest BCUT2D eigenvalue weighted by atomic mass is 16.6. The predicted octanol–water partition coefficient (Wildman–Crippen LogP) is 0.987. The van der Waals surface area contributed by atoms with E-state index in [4.69, 9.17) is 10.6 Å². The summed E-state index contributed by atoms with van der Waals surface area (Å²) in [6, 6.07) is 0. The normalized spacial score (nSPS) is 11.7. The van der Waals surface area contributed by atoms with Crippen LogP contribution < -0.4 is 5.73 Å². The quantitative estimate of drug-likeness (QED) is 0.367. The van der Waals surface area contributed by atoms with E-state index in [9.17, 15) is 0 Å². The van der Waals surface area contributed by atoms with Gasteiger partial charge in [0.1, 0.15) is 18.5 Å². The van der Waals surface area contributed by atoms with E-state index in [2.05, 4.69) is 26.7 Å². The van der Waals surface area contributed by atoms with E-state index < -0.39 is 0 Å². The lowest BCUT2D eigenvalue weighted by atomic mass is 10.4. The lowest BCUT2D eigenvalue weighted by Gasteiger charge is -2.03. The minimum absolute atomic E-state index is 0.372. The third-order valence-electron chi connectivity index (χ3n) is 2.24.